The molecule has 0 saturated carbocycles. The van der Waals surface area contributed by atoms with Gasteiger partial charge in [0.05, 0.1) is 28.8 Å². The zero-order chi connectivity index (χ0) is 26.4. The Bertz CT molecular complexity index is 1480. The predicted octanol–water partition coefficient (Wildman–Crippen LogP) is 5.76. The molecule has 0 aliphatic heterocycles. The van der Waals surface area contributed by atoms with E-state index in [1.54, 1.807) is 30.3 Å². The molecule has 4 aromatic carbocycles. The summed E-state index contributed by atoms with van der Waals surface area (Å²) in [5.74, 6) is -0.0702. The van der Waals surface area contributed by atoms with Gasteiger partial charge < -0.3 is 10.1 Å². The van der Waals surface area contributed by atoms with Crippen LogP contribution in [0.2, 0.25) is 5.02 Å². The summed E-state index contributed by atoms with van der Waals surface area (Å²) in [6.07, 6.45) is 0. The maximum atomic E-state index is 13.7. The van der Waals surface area contributed by atoms with Gasteiger partial charge in [-0.05, 0) is 53.9 Å². The van der Waals surface area contributed by atoms with Crippen molar-refractivity contribution in [3.05, 3.63) is 125 Å². The maximum Gasteiger partial charge on any atom is 0.264 e. The number of amides is 1. The first-order chi connectivity index (χ1) is 17.8. The van der Waals surface area contributed by atoms with Gasteiger partial charge in [-0.25, -0.2) is 8.42 Å². The Kier molecular flexibility index (Phi) is 8.16. The van der Waals surface area contributed by atoms with Gasteiger partial charge in [0, 0.05) is 0 Å². The molecule has 37 heavy (non-hydrogen) atoms. The van der Waals surface area contributed by atoms with Gasteiger partial charge in [-0.2, -0.15) is 0 Å². The van der Waals surface area contributed by atoms with Gasteiger partial charge in [0.1, 0.15) is 12.3 Å². The quantitative estimate of drug-likeness (QED) is 0.296. The summed E-state index contributed by atoms with van der Waals surface area (Å²) in [6, 6.07) is 29.5. The molecule has 0 aliphatic carbocycles. The monoisotopic (exact) mass is 534 g/mol. The smallest absolute Gasteiger partial charge is 0.264 e. The van der Waals surface area contributed by atoms with Crippen molar-refractivity contribution < 1.29 is 17.9 Å². The number of methoxy groups -OCH3 is 1. The van der Waals surface area contributed by atoms with Gasteiger partial charge in [0.15, 0.2) is 0 Å². The summed E-state index contributed by atoms with van der Waals surface area (Å²) in [5.41, 5.74) is 3.06. The first-order valence-corrected chi connectivity index (χ1v) is 13.4. The van der Waals surface area contributed by atoms with E-state index >= 15 is 0 Å². The Balaban J connectivity index is 1.72. The molecule has 1 amide bonds. The highest BCUT2D eigenvalue weighted by molar-refractivity contribution is 7.92. The minimum absolute atomic E-state index is 0.0632. The van der Waals surface area contributed by atoms with Gasteiger partial charge in [0.25, 0.3) is 10.0 Å². The summed E-state index contributed by atoms with van der Waals surface area (Å²) in [7, 11) is -2.61. The largest absolute Gasteiger partial charge is 0.495 e. The Hall–Kier alpha value is -3.81. The Morgan fingerprint density at radius 1 is 0.919 bits per heavy atom. The fourth-order valence-electron chi connectivity index (χ4n) is 4.08. The van der Waals surface area contributed by atoms with Crippen LogP contribution >= 0.6 is 11.6 Å². The zero-order valence-electron chi connectivity index (χ0n) is 20.5. The molecule has 0 aliphatic rings. The van der Waals surface area contributed by atoms with Crippen LogP contribution in [0.15, 0.2) is 108 Å². The molecule has 0 bridgehead atoms. The number of nitrogens with one attached hydrogen (secondary N) is 1. The van der Waals surface area contributed by atoms with Crippen LogP contribution in [-0.2, 0) is 14.8 Å². The third kappa shape index (κ3) is 5.96. The topological polar surface area (TPSA) is 75.7 Å². The molecule has 0 heterocycles. The summed E-state index contributed by atoms with van der Waals surface area (Å²) in [5, 5.41) is 3.28. The SMILES string of the molecule is COc1ccc(N(CC(=O)N[C@H](c2ccccc2)c2ccccc2C)S(=O)(=O)c2ccccc2)cc1Cl. The van der Waals surface area contributed by atoms with Crippen molar-refractivity contribution in [3.8, 4) is 5.75 Å². The number of benzene rings is 4. The van der Waals surface area contributed by atoms with E-state index in [2.05, 4.69) is 5.32 Å². The van der Waals surface area contributed by atoms with E-state index in [4.69, 9.17) is 16.3 Å². The lowest BCUT2D eigenvalue weighted by molar-refractivity contribution is -0.120. The van der Waals surface area contributed by atoms with Crippen LogP contribution in [0, 0.1) is 6.92 Å². The normalized spacial score (nSPS) is 12.0. The first-order valence-electron chi connectivity index (χ1n) is 11.6. The molecule has 0 unspecified atom stereocenters. The molecule has 6 nitrogen and oxygen atoms in total. The molecule has 0 saturated heterocycles. The summed E-state index contributed by atoms with van der Waals surface area (Å²) in [6.45, 7) is 1.53. The average molecular weight is 535 g/mol. The highest BCUT2D eigenvalue weighted by Crippen LogP contribution is 2.32. The highest BCUT2D eigenvalue weighted by atomic mass is 35.5. The van der Waals surface area contributed by atoms with Gasteiger partial charge in [-0.1, -0.05) is 84.4 Å². The minimum Gasteiger partial charge on any atom is -0.495 e. The molecule has 4 aromatic rings. The fourth-order valence-corrected chi connectivity index (χ4v) is 5.76. The molecular weight excluding hydrogens is 508 g/mol. The molecule has 0 spiro atoms. The van der Waals surface area contributed by atoms with Gasteiger partial charge in [-0.3, -0.25) is 9.10 Å². The Morgan fingerprint density at radius 2 is 1.54 bits per heavy atom. The Morgan fingerprint density at radius 3 is 2.16 bits per heavy atom. The van der Waals surface area contributed by atoms with Crippen molar-refractivity contribution in [1.82, 2.24) is 5.32 Å². The minimum atomic E-state index is -4.09. The van der Waals surface area contributed by atoms with Crippen LogP contribution in [0.1, 0.15) is 22.7 Å². The number of hydrogen-bond donors (Lipinski definition) is 1. The van der Waals surface area contributed by atoms with Gasteiger partial charge in [-0.15, -0.1) is 0 Å². The lowest BCUT2D eigenvalue weighted by Gasteiger charge is -2.27. The van der Waals surface area contributed by atoms with Crippen molar-refractivity contribution in [2.24, 2.45) is 0 Å². The number of carbonyl (C=O) groups excluding carboxylic acids is 1. The first kappa shape index (κ1) is 26.3. The number of anilines is 1. The van der Waals surface area contributed by atoms with Crippen molar-refractivity contribution in [2.75, 3.05) is 18.0 Å². The third-order valence-corrected chi connectivity index (χ3v) is 8.06. The van der Waals surface area contributed by atoms with Crippen LogP contribution in [0.25, 0.3) is 0 Å². The van der Waals surface area contributed by atoms with E-state index < -0.39 is 28.5 Å². The van der Waals surface area contributed by atoms with E-state index in [0.717, 1.165) is 21.0 Å². The zero-order valence-corrected chi connectivity index (χ0v) is 22.0. The fraction of sp³-hybridized carbons (Fsp3) is 0.138. The second kappa shape index (κ2) is 11.5. The van der Waals surface area contributed by atoms with Crippen molar-refractivity contribution in [1.29, 1.82) is 0 Å². The lowest BCUT2D eigenvalue weighted by atomic mass is 9.95. The van der Waals surface area contributed by atoms with E-state index in [0.29, 0.717) is 5.75 Å². The number of aryl methyl sites for hydroxylation is 1. The van der Waals surface area contributed by atoms with E-state index in [1.807, 2.05) is 61.5 Å². The van der Waals surface area contributed by atoms with Gasteiger partial charge >= 0.3 is 0 Å². The second-order valence-electron chi connectivity index (χ2n) is 8.41. The van der Waals surface area contributed by atoms with Crippen LogP contribution in [0.5, 0.6) is 5.75 Å². The van der Waals surface area contributed by atoms with Gasteiger partial charge in [0.2, 0.25) is 5.91 Å². The lowest BCUT2D eigenvalue weighted by Crippen LogP contribution is -2.42. The molecule has 0 fully saturated rings. The van der Waals surface area contributed by atoms with E-state index in [-0.39, 0.29) is 15.6 Å². The number of carbonyl (C=O) groups is 1. The maximum absolute atomic E-state index is 13.7. The molecule has 0 aromatic heterocycles. The summed E-state index contributed by atoms with van der Waals surface area (Å²) < 4.78 is 33.6. The number of hydrogen-bond acceptors (Lipinski definition) is 4. The third-order valence-electron chi connectivity index (χ3n) is 5.98. The molecule has 1 N–H and O–H groups in total. The van der Waals surface area contributed by atoms with Crippen molar-refractivity contribution >= 4 is 33.2 Å². The van der Waals surface area contributed by atoms with Crippen molar-refractivity contribution in [3.63, 3.8) is 0 Å². The van der Waals surface area contributed by atoms with Crippen LogP contribution in [0.3, 0.4) is 0 Å². The average Bonchev–Trinajstić information content (AvgIpc) is 2.92. The molecule has 8 heteroatoms. The molecule has 4 rings (SSSR count). The summed E-state index contributed by atoms with van der Waals surface area (Å²) in [4.78, 5) is 13.6. The van der Waals surface area contributed by atoms with Crippen LogP contribution in [0.4, 0.5) is 5.69 Å². The number of ether oxygens (including phenoxy) is 1. The van der Waals surface area contributed by atoms with E-state index in [1.165, 1.54) is 25.3 Å². The molecule has 0 radical (unpaired) electrons. The molecule has 190 valence electrons. The second-order valence-corrected chi connectivity index (χ2v) is 10.7. The predicted molar refractivity (Wildman–Crippen MR) is 147 cm³/mol. The van der Waals surface area contributed by atoms with Crippen LogP contribution in [-0.4, -0.2) is 28.0 Å². The number of nitrogens with zero attached hydrogens (tertiary/aromatic N) is 1. The standard InChI is InChI=1S/C29H27ClN2O4S/c1-21-11-9-10-16-25(21)29(22-12-5-3-6-13-22)31-28(33)20-32(23-17-18-27(36-2)26(30)19-23)37(34,35)24-14-7-4-8-15-24/h3-19,29H,20H2,1-2H3,(H,31,33)/t29-/m1/s1. The number of rotatable bonds is 9. The van der Waals surface area contributed by atoms with Crippen molar-refractivity contribution in [2.45, 2.75) is 17.9 Å². The highest BCUT2D eigenvalue weighted by Gasteiger charge is 2.29. The van der Waals surface area contributed by atoms with E-state index in [9.17, 15) is 13.2 Å². The Labute approximate surface area is 222 Å². The molecule has 1 atom stereocenters. The number of halogens is 1. The summed E-state index contributed by atoms with van der Waals surface area (Å²) >= 11 is 6.32. The number of sulfonamides is 1. The van der Waals surface area contributed by atoms with Crippen LogP contribution < -0.4 is 14.4 Å². The molecular formula is C29H27ClN2O4S.